The third-order valence-electron chi connectivity index (χ3n) is 5.01. The van der Waals surface area contributed by atoms with Crippen LogP contribution in [-0.4, -0.2) is 24.5 Å². The number of anilines is 1. The maximum Gasteiger partial charge on any atom is 0.255 e. The number of benzene rings is 3. The van der Waals surface area contributed by atoms with Gasteiger partial charge in [0.05, 0.1) is 6.61 Å². The van der Waals surface area contributed by atoms with Gasteiger partial charge >= 0.3 is 0 Å². The first-order valence-corrected chi connectivity index (χ1v) is 10.5. The highest BCUT2D eigenvalue weighted by atomic mass is 16.5. The first-order chi connectivity index (χ1) is 15.0. The molecule has 0 bridgehead atoms. The average Bonchev–Trinajstić information content (AvgIpc) is 2.80. The molecule has 5 nitrogen and oxygen atoms in total. The Labute approximate surface area is 183 Å². The Kier molecular flexibility index (Phi) is 7.82. The minimum Gasteiger partial charge on any atom is -0.493 e. The summed E-state index contributed by atoms with van der Waals surface area (Å²) in [4.78, 5) is 24.6. The van der Waals surface area contributed by atoms with Gasteiger partial charge in [0.25, 0.3) is 11.8 Å². The molecule has 0 fully saturated rings. The van der Waals surface area contributed by atoms with Crippen LogP contribution < -0.4 is 15.4 Å². The van der Waals surface area contributed by atoms with Crippen molar-refractivity contribution in [1.82, 2.24) is 5.32 Å². The van der Waals surface area contributed by atoms with Gasteiger partial charge in [-0.05, 0) is 67.4 Å². The molecule has 0 radical (unpaired) electrons. The van der Waals surface area contributed by atoms with Crippen LogP contribution in [0.3, 0.4) is 0 Å². The van der Waals surface area contributed by atoms with Gasteiger partial charge in [-0.15, -0.1) is 0 Å². The molecule has 3 aromatic carbocycles. The Hall–Kier alpha value is -3.60. The third kappa shape index (κ3) is 6.71. The van der Waals surface area contributed by atoms with E-state index in [9.17, 15) is 9.59 Å². The summed E-state index contributed by atoms with van der Waals surface area (Å²) in [5.74, 6) is 0.395. The van der Waals surface area contributed by atoms with Gasteiger partial charge in [0.15, 0.2) is 0 Å². The molecule has 0 aliphatic heterocycles. The molecule has 31 heavy (non-hydrogen) atoms. The molecule has 1 unspecified atom stereocenters. The molecule has 5 heteroatoms. The Bertz CT molecular complexity index is 983. The number of rotatable bonds is 9. The molecule has 3 aromatic rings. The van der Waals surface area contributed by atoms with E-state index in [1.165, 1.54) is 5.56 Å². The number of amides is 2. The fourth-order valence-electron chi connectivity index (χ4n) is 2.95. The number of hydrogen-bond acceptors (Lipinski definition) is 3. The van der Waals surface area contributed by atoms with Crippen LogP contribution in [0.4, 0.5) is 5.69 Å². The molecule has 0 aliphatic carbocycles. The Morgan fingerprint density at radius 3 is 2.10 bits per heavy atom. The van der Waals surface area contributed by atoms with Crippen LogP contribution in [0.25, 0.3) is 0 Å². The van der Waals surface area contributed by atoms with Gasteiger partial charge in [0, 0.05) is 29.3 Å². The number of ether oxygens (including phenoxy) is 1. The van der Waals surface area contributed by atoms with Crippen molar-refractivity contribution in [2.24, 2.45) is 0 Å². The monoisotopic (exact) mass is 416 g/mol. The second-order valence-corrected chi connectivity index (χ2v) is 7.42. The molecule has 1 atom stereocenters. The lowest BCUT2D eigenvalue weighted by Crippen LogP contribution is -2.31. The van der Waals surface area contributed by atoms with Crippen LogP contribution in [0.2, 0.25) is 0 Å². The second-order valence-electron chi connectivity index (χ2n) is 7.42. The maximum absolute atomic E-state index is 12.5. The van der Waals surface area contributed by atoms with Gasteiger partial charge in [-0.3, -0.25) is 9.59 Å². The molecule has 0 aromatic heterocycles. The Morgan fingerprint density at radius 1 is 0.839 bits per heavy atom. The van der Waals surface area contributed by atoms with E-state index in [-0.39, 0.29) is 17.9 Å². The van der Waals surface area contributed by atoms with Gasteiger partial charge in [0.2, 0.25) is 0 Å². The van der Waals surface area contributed by atoms with Crippen LogP contribution in [0, 0.1) is 0 Å². The van der Waals surface area contributed by atoms with Crippen LogP contribution in [0.5, 0.6) is 5.75 Å². The first-order valence-electron chi connectivity index (χ1n) is 10.5. The summed E-state index contributed by atoms with van der Waals surface area (Å²) in [6, 6.07) is 24.2. The fourth-order valence-corrected chi connectivity index (χ4v) is 2.95. The molecule has 0 saturated heterocycles. The number of carbonyl (C=O) groups excluding carboxylic acids is 2. The first kappa shape index (κ1) is 22.1. The summed E-state index contributed by atoms with van der Waals surface area (Å²) in [7, 11) is 0. The van der Waals surface area contributed by atoms with Gasteiger partial charge in [-0.1, -0.05) is 37.3 Å². The Morgan fingerprint density at radius 2 is 1.45 bits per heavy atom. The number of nitrogens with one attached hydrogen (secondary N) is 2. The highest BCUT2D eigenvalue weighted by Crippen LogP contribution is 2.16. The van der Waals surface area contributed by atoms with Crippen molar-refractivity contribution in [2.75, 3.05) is 11.9 Å². The minimum absolute atomic E-state index is 0.116. The van der Waals surface area contributed by atoms with Crippen molar-refractivity contribution in [3.8, 4) is 5.75 Å². The summed E-state index contributed by atoms with van der Waals surface area (Å²) in [6.45, 7) is 4.56. The normalized spacial score (nSPS) is 11.4. The van der Waals surface area contributed by atoms with E-state index in [0.29, 0.717) is 23.4 Å². The molecule has 160 valence electrons. The molecule has 0 aliphatic rings. The molecule has 2 N–H and O–H groups in total. The Balaban J connectivity index is 1.50. The zero-order valence-corrected chi connectivity index (χ0v) is 17.9. The van der Waals surface area contributed by atoms with E-state index in [0.717, 1.165) is 18.6 Å². The lowest BCUT2D eigenvalue weighted by Gasteiger charge is -2.12. The van der Waals surface area contributed by atoms with E-state index in [1.54, 1.807) is 48.5 Å². The highest BCUT2D eigenvalue weighted by molar-refractivity contribution is 6.04. The van der Waals surface area contributed by atoms with Crippen molar-refractivity contribution in [2.45, 2.75) is 32.7 Å². The maximum atomic E-state index is 12.5. The average molecular weight is 417 g/mol. The fraction of sp³-hybridized carbons (Fsp3) is 0.231. The molecule has 2 amide bonds. The van der Waals surface area contributed by atoms with E-state index < -0.39 is 0 Å². The lowest BCUT2D eigenvalue weighted by atomic mass is 10.1. The van der Waals surface area contributed by atoms with Crippen molar-refractivity contribution < 1.29 is 14.3 Å². The van der Waals surface area contributed by atoms with Crippen LogP contribution in [0.1, 0.15) is 46.5 Å². The predicted octanol–water partition coefficient (Wildman–Crippen LogP) is 5.09. The summed E-state index contributed by atoms with van der Waals surface area (Å²) in [5, 5.41) is 5.77. The highest BCUT2D eigenvalue weighted by Gasteiger charge is 2.10. The van der Waals surface area contributed by atoms with Crippen molar-refractivity contribution in [3.63, 3.8) is 0 Å². The zero-order valence-electron chi connectivity index (χ0n) is 17.9. The van der Waals surface area contributed by atoms with E-state index in [4.69, 9.17) is 4.74 Å². The zero-order chi connectivity index (χ0) is 22.1. The molecular weight excluding hydrogens is 388 g/mol. The molecule has 3 rings (SSSR count). The third-order valence-corrected chi connectivity index (χ3v) is 5.01. The summed E-state index contributed by atoms with van der Waals surface area (Å²) >= 11 is 0. The van der Waals surface area contributed by atoms with Crippen molar-refractivity contribution >= 4 is 17.5 Å². The van der Waals surface area contributed by atoms with Gasteiger partial charge < -0.3 is 15.4 Å². The van der Waals surface area contributed by atoms with Gasteiger partial charge in [0.1, 0.15) is 5.75 Å². The summed E-state index contributed by atoms with van der Waals surface area (Å²) in [6.07, 6.45) is 1.70. The quantitative estimate of drug-likeness (QED) is 0.511. The largest absolute Gasteiger partial charge is 0.493 e. The summed E-state index contributed by atoms with van der Waals surface area (Å²) in [5.41, 5.74) is 2.96. The minimum atomic E-state index is -0.215. The van der Waals surface area contributed by atoms with E-state index >= 15 is 0 Å². The smallest absolute Gasteiger partial charge is 0.255 e. The molecule has 0 spiro atoms. The predicted molar refractivity (Wildman–Crippen MR) is 124 cm³/mol. The van der Waals surface area contributed by atoms with Crippen LogP contribution >= 0.6 is 0 Å². The molecule has 0 saturated carbocycles. The van der Waals surface area contributed by atoms with Crippen molar-refractivity contribution in [3.05, 3.63) is 95.6 Å². The van der Waals surface area contributed by atoms with Crippen LogP contribution in [-0.2, 0) is 6.42 Å². The summed E-state index contributed by atoms with van der Waals surface area (Å²) < 4.78 is 5.76. The van der Waals surface area contributed by atoms with Crippen molar-refractivity contribution in [1.29, 1.82) is 0 Å². The SMILES string of the molecule is CCC(C)NC(=O)c1ccc(NC(=O)c2ccc(OCCc3ccccc3)cc2)cc1. The van der Waals surface area contributed by atoms with Gasteiger partial charge in [-0.2, -0.15) is 0 Å². The number of carbonyl (C=O) groups is 2. The van der Waals surface area contributed by atoms with E-state index in [1.807, 2.05) is 32.0 Å². The standard InChI is InChI=1S/C26H28N2O3/c1-3-19(2)27-25(29)21-9-13-23(14-10-21)28-26(30)22-11-15-24(16-12-22)31-18-17-20-7-5-4-6-8-20/h4-16,19H,3,17-18H2,1-2H3,(H,27,29)(H,28,30). The topological polar surface area (TPSA) is 67.4 Å². The van der Waals surface area contributed by atoms with Gasteiger partial charge in [-0.25, -0.2) is 0 Å². The van der Waals surface area contributed by atoms with Crippen LogP contribution in [0.15, 0.2) is 78.9 Å². The second kappa shape index (κ2) is 11.0. The molecular formula is C26H28N2O3. The number of hydrogen-bond donors (Lipinski definition) is 2. The van der Waals surface area contributed by atoms with E-state index in [2.05, 4.69) is 22.8 Å². The molecule has 0 heterocycles. The lowest BCUT2D eigenvalue weighted by molar-refractivity contribution is 0.0938.